The summed E-state index contributed by atoms with van der Waals surface area (Å²) in [4.78, 5) is 23.6. The van der Waals surface area contributed by atoms with E-state index in [1.54, 1.807) is 42.5 Å². The minimum absolute atomic E-state index is 0.0455. The van der Waals surface area contributed by atoms with Crippen LogP contribution >= 0.6 is 0 Å². The molecule has 0 radical (unpaired) electrons. The summed E-state index contributed by atoms with van der Waals surface area (Å²) in [5.41, 5.74) is 1.22. The van der Waals surface area contributed by atoms with Gasteiger partial charge in [0, 0.05) is 17.7 Å². The maximum Gasteiger partial charge on any atom is 0.258 e. The van der Waals surface area contributed by atoms with E-state index in [1.165, 1.54) is 0 Å². The van der Waals surface area contributed by atoms with E-state index >= 15 is 0 Å². The number of carbonyl (C=O) groups excluding carboxylic acids is 2. The molecule has 2 rings (SSSR count). The van der Waals surface area contributed by atoms with Gasteiger partial charge in [0.15, 0.2) is 12.4 Å². The van der Waals surface area contributed by atoms with E-state index in [1.807, 2.05) is 18.2 Å². The van der Waals surface area contributed by atoms with Crippen LogP contribution in [0.3, 0.4) is 0 Å². The quantitative estimate of drug-likeness (QED) is 0.631. The average Bonchev–Trinajstić information content (AvgIpc) is 2.58. The van der Waals surface area contributed by atoms with E-state index in [0.717, 1.165) is 0 Å². The van der Waals surface area contributed by atoms with Gasteiger partial charge in [-0.2, -0.15) is 0 Å². The fourth-order valence-corrected chi connectivity index (χ4v) is 1.84. The molecule has 0 aliphatic carbocycles. The molecule has 0 aliphatic heterocycles. The lowest BCUT2D eigenvalue weighted by Gasteiger charge is -2.07. The van der Waals surface area contributed by atoms with Gasteiger partial charge in [0.2, 0.25) is 0 Å². The lowest BCUT2D eigenvalue weighted by atomic mass is 10.0. The van der Waals surface area contributed by atoms with Gasteiger partial charge in [-0.25, -0.2) is 0 Å². The number of nitrogens with one attached hydrogen (secondary N) is 1. The van der Waals surface area contributed by atoms with E-state index in [9.17, 15) is 9.59 Å². The standard InChI is InChI=1S/C18H17NO3/c1-2-12-19-17(20)13-22-16-10-8-15(9-11-16)18(21)14-6-4-3-5-7-14/h2-11H,1,12-13H2,(H,19,20). The predicted molar refractivity (Wildman–Crippen MR) is 85.0 cm³/mol. The molecule has 0 fully saturated rings. The fraction of sp³-hybridized carbons (Fsp3) is 0.111. The fourth-order valence-electron chi connectivity index (χ4n) is 1.84. The molecule has 0 saturated heterocycles. The van der Waals surface area contributed by atoms with Crippen LogP contribution in [0.15, 0.2) is 67.3 Å². The van der Waals surface area contributed by atoms with Crippen molar-refractivity contribution in [3.05, 3.63) is 78.4 Å². The van der Waals surface area contributed by atoms with Gasteiger partial charge in [-0.15, -0.1) is 6.58 Å². The molecule has 0 aromatic heterocycles. The molecule has 112 valence electrons. The number of carbonyl (C=O) groups is 2. The number of hydrogen-bond acceptors (Lipinski definition) is 3. The van der Waals surface area contributed by atoms with E-state index in [2.05, 4.69) is 11.9 Å². The van der Waals surface area contributed by atoms with Gasteiger partial charge < -0.3 is 10.1 Å². The summed E-state index contributed by atoms with van der Waals surface area (Å²) in [5.74, 6) is 0.276. The van der Waals surface area contributed by atoms with Crippen LogP contribution < -0.4 is 10.1 Å². The molecule has 0 aliphatic rings. The molecule has 0 atom stereocenters. The van der Waals surface area contributed by atoms with Crippen molar-refractivity contribution in [3.8, 4) is 5.75 Å². The topological polar surface area (TPSA) is 55.4 Å². The number of benzene rings is 2. The monoisotopic (exact) mass is 295 g/mol. The molecule has 2 aromatic carbocycles. The number of hydrogen-bond donors (Lipinski definition) is 1. The molecule has 2 aromatic rings. The zero-order valence-electron chi connectivity index (χ0n) is 12.1. The zero-order valence-corrected chi connectivity index (χ0v) is 12.1. The summed E-state index contributed by atoms with van der Waals surface area (Å²) in [5, 5.41) is 2.62. The molecule has 0 spiro atoms. The smallest absolute Gasteiger partial charge is 0.258 e. The molecule has 1 N–H and O–H groups in total. The van der Waals surface area contributed by atoms with E-state index < -0.39 is 0 Å². The van der Waals surface area contributed by atoms with Crippen molar-refractivity contribution in [2.45, 2.75) is 0 Å². The van der Waals surface area contributed by atoms with Gasteiger partial charge in [0.1, 0.15) is 5.75 Å². The third-order valence-corrected chi connectivity index (χ3v) is 2.97. The molecular weight excluding hydrogens is 278 g/mol. The highest BCUT2D eigenvalue weighted by Crippen LogP contribution is 2.15. The normalized spacial score (nSPS) is 9.82. The molecular formula is C18H17NO3. The second kappa shape index (κ2) is 7.78. The zero-order chi connectivity index (χ0) is 15.8. The highest BCUT2D eigenvalue weighted by Gasteiger charge is 2.08. The number of amides is 1. The minimum Gasteiger partial charge on any atom is -0.484 e. The molecule has 4 nitrogen and oxygen atoms in total. The Morgan fingerprint density at radius 3 is 2.27 bits per heavy atom. The Kier molecular flexibility index (Phi) is 5.49. The van der Waals surface area contributed by atoms with Crippen molar-refractivity contribution < 1.29 is 14.3 Å². The Morgan fingerprint density at radius 1 is 1.00 bits per heavy atom. The lowest BCUT2D eigenvalue weighted by Crippen LogP contribution is -2.28. The SMILES string of the molecule is C=CCNC(=O)COc1ccc(C(=O)c2ccccc2)cc1. The van der Waals surface area contributed by atoms with Crippen LogP contribution in [0, 0.1) is 0 Å². The van der Waals surface area contributed by atoms with Crippen molar-refractivity contribution in [1.29, 1.82) is 0 Å². The average molecular weight is 295 g/mol. The Hall–Kier alpha value is -2.88. The highest BCUT2D eigenvalue weighted by atomic mass is 16.5. The third kappa shape index (κ3) is 4.31. The number of rotatable bonds is 7. The first-order chi connectivity index (χ1) is 10.7. The summed E-state index contributed by atoms with van der Waals surface area (Å²) in [6.07, 6.45) is 1.60. The lowest BCUT2D eigenvalue weighted by molar-refractivity contribution is -0.122. The summed E-state index contributed by atoms with van der Waals surface area (Å²) in [6, 6.07) is 15.8. The summed E-state index contributed by atoms with van der Waals surface area (Å²) in [6.45, 7) is 3.85. The number of ether oxygens (including phenoxy) is 1. The molecule has 0 bridgehead atoms. The van der Waals surface area contributed by atoms with Crippen LogP contribution in [-0.4, -0.2) is 24.8 Å². The Labute approximate surface area is 129 Å². The van der Waals surface area contributed by atoms with Crippen LogP contribution in [0.2, 0.25) is 0 Å². The minimum atomic E-state index is -0.218. The van der Waals surface area contributed by atoms with Gasteiger partial charge in [-0.1, -0.05) is 36.4 Å². The molecule has 4 heteroatoms. The molecule has 0 unspecified atom stereocenters. The first-order valence-electron chi connectivity index (χ1n) is 6.91. The van der Waals surface area contributed by atoms with E-state index in [-0.39, 0.29) is 18.3 Å². The van der Waals surface area contributed by atoms with Crippen LogP contribution in [0.25, 0.3) is 0 Å². The number of ketones is 1. The van der Waals surface area contributed by atoms with Gasteiger partial charge in [-0.05, 0) is 24.3 Å². The Morgan fingerprint density at radius 2 is 1.64 bits per heavy atom. The molecule has 0 saturated carbocycles. The van der Waals surface area contributed by atoms with Crippen molar-refractivity contribution in [2.75, 3.05) is 13.2 Å². The second-order valence-corrected chi connectivity index (χ2v) is 4.60. The maximum atomic E-state index is 12.2. The third-order valence-electron chi connectivity index (χ3n) is 2.97. The van der Waals surface area contributed by atoms with Crippen LogP contribution in [-0.2, 0) is 4.79 Å². The summed E-state index contributed by atoms with van der Waals surface area (Å²) < 4.78 is 5.35. The van der Waals surface area contributed by atoms with Crippen molar-refractivity contribution in [2.24, 2.45) is 0 Å². The van der Waals surface area contributed by atoms with Crippen molar-refractivity contribution in [3.63, 3.8) is 0 Å². The maximum absolute atomic E-state index is 12.2. The molecule has 22 heavy (non-hydrogen) atoms. The van der Waals surface area contributed by atoms with Crippen LogP contribution in [0.1, 0.15) is 15.9 Å². The van der Waals surface area contributed by atoms with Crippen LogP contribution in [0.5, 0.6) is 5.75 Å². The Balaban J connectivity index is 1.94. The molecule has 1 amide bonds. The summed E-state index contributed by atoms with van der Waals surface area (Å²) >= 11 is 0. The summed E-state index contributed by atoms with van der Waals surface area (Å²) in [7, 11) is 0. The van der Waals surface area contributed by atoms with E-state index in [0.29, 0.717) is 23.4 Å². The first-order valence-corrected chi connectivity index (χ1v) is 6.91. The largest absolute Gasteiger partial charge is 0.484 e. The van der Waals surface area contributed by atoms with Crippen LogP contribution in [0.4, 0.5) is 0 Å². The molecule has 0 heterocycles. The second-order valence-electron chi connectivity index (χ2n) is 4.60. The first kappa shape index (κ1) is 15.5. The van der Waals surface area contributed by atoms with Crippen molar-refractivity contribution in [1.82, 2.24) is 5.32 Å². The van der Waals surface area contributed by atoms with E-state index in [4.69, 9.17) is 4.74 Å². The predicted octanol–water partition coefficient (Wildman–Crippen LogP) is 2.60. The van der Waals surface area contributed by atoms with Gasteiger partial charge >= 0.3 is 0 Å². The Bertz CT molecular complexity index is 648. The highest BCUT2D eigenvalue weighted by molar-refractivity contribution is 6.08. The van der Waals surface area contributed by atoms with Crippen molar-refractivity contribution >= 4 is 11.7 Å². The van der Waals surface area contributed by atoms with Gasteiger partial charge in [-0.3, -0.25) is 9.59 Å². The van der Waals surface area contributed by atoms with Gasteiger partial charge in [0.25, 0.3) is 5.91 Å². The van der Waals surface area contributed by atoms with Gasteiger partial charge in [0.05, 0.1) is 0 Å².